The zero-order chi connectivity index (χ0) is 21.6. The average Bonchev–Trinajstić information content (AvgIpc) is 2.68. The van der Waals surface area contributed by atoms with Crippen LogP contribution < -0.4 is 5.32 Å². The predicted octanol–water partition coefficient (Wildman–Crippen LogP) is 2.75. The molecule has 0 spiro atoms. The van der Waals surface area contributed by atoms with Crippen molar-refractivity contribution in [2.75, 3.05) is 19.0 Å². The van der Waals surface area contributed by atoms with Crippen LogP contribution >= 0.6 is 0 Å². The van der Waals surface area contributed by atoms with Crippen LogP contribution in [0.1, 0.15) is 25.0 Å². The molecular formula is C21H26N2O5S. The number of hydrogen-bond acceptors (Lipinski definition) is 5. The highest BCUT2D eigenvalue weighted by molar-refractivity contribution is 7.89. The first kappa shape index (κ1) is 22.6. The molecule has 0 saturated carbocycles. The van der Waals surface area contributed by atoms with Gasteiger partial charge in [0.2, 0.25) is 10.0 Å². The van der Waals surface area contributed by atoms with Crippen LogP contribution in [-0.4, -0.2) is 44.3 Å². The van der Waals surface area contributed by atoms with Gasteiger partial charge in [0.1, 0.15) is 0 Å². The molecule has 7 nitrogen and oxygen atoms in total. The standard InChI is InChI=1S/C21H26N2O5S/c1-15(2)23(4)29(26,27)19-11-9-18(10-12-19)22-20(24)14-28-21(25)13-17-8-6-5-7-16(17)3/h5-12,15H,13-14H2,1-4H3,(H,22,24). The molecule has 0 aliphatic rings. The van der Waals surface area contributed by atoms with Crippen molar-refractivity contribution in [3.63, 3.8) is 0 Å². The first-order valence-corrected chi connectivity index (χ1v) is 10.6. The molecule has 8 heteroatoms. The Morgan fingerprint density at radius 2 is 1.69 bits per heavy atom. The second-order valence-electron chi connectivity index (χ2n) is 6.95. The van der Waals surface area contributed by atoms with Crippen LogP contribution in [0.2, 0.25) is 0 Å². The van der Waals surface area contributed by atoms with E-state index >= 15 is 0 Å². The minimum Gasteiger partial charge on any atom is -0.455 e. The van der Waals surface area contributed by atoms with Gasteiger partial charge < -0.3 is 10.1 Å². The monoisotopic (exact) mass is 418 g/mol. The van der Waals surface area contributed by atoms with Crippen molar-refractivity contribution in [2.45, 2.75) is 38.1 Å². The Morgan fingerprint density at radius 1 is 1.07 bits per heavy atom. The number of hydrogen-bond donors (Lipinski definition) is 1. The summed E-state index contributed by atoms with van der Waals surface area (Å²) in [6.45, 7) is 5.05. The van der Waals surface area contributed by atoms with Gasteiger partial charge in [-0.05, 0) is 56.2 Å². The van der Waals surface area contributed by atoms with E-state index in [0.29, 0.717) is 5.69 Å². The Balaban J connectivity index is 1.89. The van der Waals surface area contributed by atoms with E-state index in [9.17, 15) is 18.0 Å². The third-order valence-electron chi connectivity index (χ3n) is 4.50. The molecule has 2 aromatic carbocycles. The van der Waals surface area contributed by atoms with Crippen LogP contribution in [-0.2, 0) is 30.8 Å². The summed E-state index contributed by atoms with van der Waals surface area (Å²) >= 11 is 0. The molecule has 0 aliphatic heterocycles. The number of rotatable bonds is 8. The van der Waals surface area contributed by atoms with Gasteiger partial charge in [0.25, 0.3) is 5.91 Å². The quantitative estimate of drug-likeness (QED) is 0.666. The van der Waals surface area contributed by atoms with Gasteiger partial charge in [-0.25, -0.2) is 8.42 Å². The van der Waals surface area contributed by atoms with Gasteiger partial charge in [0.05, 0.1) is 11.3 Å². The normalized spacial score (nSPS) is 11.5. The minimum atomic E-state index is -3.59. The molecule has 0 heterocycles. The molecule has 0 atom stereocenters. The van der Waals surface area contributed by atoms with Crippen molar-refractivity contribution < 1.29 is 22.7 Å². The number of carbonyl (C=O) groups excluding carboxylic acids is 2. The Hall–Kier alpha value is -2.71. The molecule has 0 fully saturated rings. The van der Waals surface area contributed by atoms with Gasteiger partial charge >= 0.3 is 5.97 Å². The van der Waals surface area contributed by atoms with E-state index in [1.54, 1.807) is 13.8 Å². The lowest BCUT2D eigenvalue weighted by Crippen LogP contribution is -2.33. The average molecular weight is 419 g/mol. The molecule has 2 aromatic rings. The number of nitrogens with zero attached hydrogens (tertiary/aromatic N) is 1. The lowest BCUT2D eigenvalue weighted by Gasteiger charge is -2.21. The summed E-state index contributed by atoms with van der Waals surface area (Å²) in [6, 6.07) is 13.1. The Bertz CT molecular complexity index is 969. The van der Waals surface area contributed by atoms with E-state index in [4.69, 9.17) is 4.74 Å². The Morgan fingerprint density at radius 3 is 2.28 bits per heavy atom. The topological polar surface area (TPSA) is 92.8 Å². The molecule has 0 aromatic heterocycles. The number of ether oxygens (including phenoxy) is 1. The fourth-order valence-electron chi connectivity index (χ4n) is 2.51. The highest BCUT2D eigenvalue weighted by atomic mass is 32.2. The summed E-state index contributed by atoms with van der Waals surface area (Å²) in [7, 11) is -2.07. The number of nitrogens with one attached hydrogen (secondary N) is 1. The molecule has 29 heavy (non-hydrogen) atoms. The van der Waals surface area contributed by atoms with E-state index in [-0.39, 0.29) is 17.4 Å². The van der Waals surface area contributed by atoms with Crippen molar-refractivity contribution >= 4 is 27.6 Å². The second kappa shape index (κ2) is 9.67. The zero-order valence-electron chi connectivity index (χ0n) is 17.0. The molecule has 0 bridgehead atoms. The van der Waals surface area contributed by atoms with Gasteiger partial charge in [0.15, 0.2) is 6.61 Å². The van der Waals surface area contributed by atoms with E-state index in [2.05, 4.69) is 5.32 Å². The fourth-order valence-corrected chi connectivity index (χ4v) is 3.88. The van der Waals surface area contributed by atoms with Crippen molar-refractivity contribution in [3.05, 3.63) is 59.7 Å². The third kappa shape index (κ3) is 6.13. The molecule has 0 saturated heterocycles. The lowest BCUT2D eigenvalue weighted by atomic mass is 10.1. The molecular weight excluding hydrogens is 392 g/mol. The fraction of sp³-hybridized carbons (Fsp3) is 0.333. The first-order chi connectivity index (χ1) is 13.6. The number of carbonyl (C=O) groups is 2. The van der Waals surface area contributed by atoms with Gasteiger partial charge in [-0.3, -0.25) is 9.59 Å². The summed E-state index contributed by atoms with van der Waals surface area (Å²) in [5.41, 5.74) is 2.24. The number of benzene rings is 2. The molecule has 156 valence electrons. The van der Waals surface area contributed by atoms with Gasteiger partial charge in [-0.15, -0.1) is 0 Å². The summed E-state index contributed by atoms with van der Waals surface area (Å²) in [5.74, 6) is -0.995. The molecule has 0 radical (unpaired) electrons. The van der Waals surface area contributed by atoms with Crippen molar-refractivity contribution in [1.82, 2.24) is 4.31 Å². The zero-order valence-corrected chi connectivity index (χ0v) is 17.8. The molecule has 1 N–H and O–H groups in total. The Labute approximate surface area is 171 Å². The molecule has 0 unspecified atom stereocenters. The maximum atomic E-state index is 12.4. The van der Waals surface area contributed by atoms with Gasteiger partial charge in [-0.2, -0.15) is 4.31 Å². The summed E-state index contributed by atoms with van der Waals surface area (Å²) < 4.78 is 31.2. The third-order valence-corrected chi connectivity index (χ3v) is 6.55. The highest BCUT2D eigenvalue weighted by Gasteiger charge is 2.22. The summed E-state index contributed by atoms with van der Waals surface area (Å²) in [5, 5.41) is 2.58. The molecule has 0 aliphatic carbocycles. The Kier molecular flexibility index (Phi) is 7.53. The minimum absolute atomic E-state index is 0.0931. The van der Waals surface area contributed by atoms with Crippen LogP contribution in [0.15, 0.2) is 53.4 Å². The smallest absolute Gasteiger partial charge is 0.310 e. The van der Waals surface area contributed by atoms with Gasteiger partial charge in [-0.1, -0.05) is 24.3 Å². The highest BCUT2D eigenvalue weighted by Crippen LogP contribution is 2.19. The largest absolute Gasteiger partial charge is 0.455 e. The van der Waals surface area contributed by atoms with Crippen LogP contribution in [0, 0.1) is 6.92 Å². The van der Waals surface area contributed by atoms with E-state index < -0.39 is 28.5 Å². The summed E-state index contributed by atoms with van der Waals surface area (Å²) in [6.07, 6.45) is 0.0931. The van der Waals surface area contributed by atoms with Crippen molar-refractivity contribution in [3.8, 4) is 0 Å². The first-order valence-electron chi connectivity index (χ1n) is 9.19. The predicted molar refractivity (Wildman–Crippen MR) is 111 cm³/mol. The van der Waals surface area contributed by atoms with Crippen LogP contribution in [0.3, 0.4) is 0 Å². The van der Waals surface area contributed by atoms with Crippen LogP contribution in [0.4, 0.5) is 5.69 Å². The second-order valence-corrected chi connectivity index (χ2v) is 8.95. The number of amides is 1. The van der Waals surface area contributed by atoms with Crippen molar-refractivity contribution in [1.29, 1.82) is 0 Å². The number of esters is 1. The van der Waals surface area contributed by atoms with E-state index in [1.807, 2.05) is 31.2 Å². The van der Waals surface area contributed by atoms with Gasteiger partial charge in [0, 0.05) is 18.8 Å². The number of sulfonamides is 1. The summed E-state index contributed by atoms with van der Waals surface area (Å²) in [4.78, 5) is 24.1. The van der Waals surface area contributed by atoms with E-state index in [1.165, 1.54) is 35.6 Å². The lowest BCUT2D eigenvalue weighted by molar-refractivity contribution is -0.146. The van der Waals surface area contributed by atoms with Crippen LogP contribution in [0.5, 0.6) is 0 Å². The molecule has 1 amide bonds. The maximum Gasteiger partial charge on any atom is 0.310 e. The van der Waals surface area contributed by atoms with Crippen LogP contribution in [0.25, 0.3) is 0 Å². The number of aryl methyl sites for hydroxylation is 1. The van der Waals surface area contributed by atoms with E-state index in [0.717, 1.165) is 11.1 Å². The van der Waals surface area contributed by atoms with Crippen molar-refractivity contribution in [2.24, 2.45) is 0 Å². The molecule has 2 rings (SSSR count). The SMILES string of the molecule is Cc1ccccc1CC(=O)OCC(=O)Nc1ccc(S(=O)(=O)N(C)C(C)C)cc1. The number of anilines is 1. The maximum absolute atomic E-state index is 12.4.